The number of ether oxygens (including phenoxy) is 3. The number of benzene rings is 2. The highest BCUT2D eigenvalue weighted by molar-refractivity contribution is 8.18. The zero-order valence-corrected chi connectivity index (χ0v) is 22.6. The number of methoxy groups -OCH3 is 2. The first kappa shape index (κ1) is 28.4. The fourth-order valence-electron chi connectivity index (χ4n) is 3.30. The van der Waals surface area contributed by atoms with Gasteiger partial charge in [0.1, 0.15) is 6.54 Å². The lowest BCUT2D eigenvalue weighted by molar-refractivity contribution is -0.127. The second kappa shape index (κ2) is 12.8. The molecule has 1 heterocycles. The zero-order valence-electron chi connectivity index (χ0n) is 20.3. The fourth-order valence-corrected chi connectivity index (χ4v) is 4.63. The summed E-state index contributed by atoms with van der Waals surface area (Å²) >= 11 is 13.0. The molecule has 0 aromatic heterocycles. The van der Waals surface area contributed by atoms with E-state index in [0.717, 1.165) is 11.3 Å². The lowest BCUT2D eigenvalue weighted by Crippen LogP contribution is -2.36. The van der Waals surface area contributed by atoms with Crippen molar-refractivity contribution in [1.82, 2.24) is 4.90 Å². The standard InChI is InChI=1S/C25H24Cl2N2O7S/c1-4-5-8-36-24(32)16-12-15(6-7-17(16)26)28-21(30)13-29-23(31)20(37-25(29)33)11-14-9-18(27)22(35-3)19(10-14)34-2/h6-7,9-12H,4-5,8,13H2,1-3H3,(H,28,30)/b20-11-. The van der Waals surface area contributed by atoms with Crippen molar-refractivity contribution in [2.45, 2.75) is 19.8 Å². The Kier molecular flexibility index (Phi) is 9.85. The molecule has 1 N–H and O–H groups in total. The maximum absolute atomic E-state index is 12.9. The van der Waals surface area contributed by atoms with Crippen LogP contribution >= 0.6 is 35.0 Å². The van der Waals surface area contributed by atoms with E-state index in [0.29, 0.717) is 35.2 Å². The fraction of sp³-hybridized carbons (Fsp3) is 0.280. The Balaban J connectivity index is 1.70. The molecule has 2 aromatic rings. The average molecular weight is 567 g/mol. The van der Waals surface area contributed by atoms with Gasteiger partial charge < -0.3 is 19.5 Å². The third-order valence-corrected chi connectivity index (χ3v) is 6.65. The van der Waals surface area contributed by atoms with E-state index in [4.69, 9.17) is 37.4 Å². The first-order chi connectivity index (χ1) is 17.7. The molecular weight excluding hydrogens is 543 g/mol. The largest absolute Gasteiger partial charge is 0.493 e. The molecule has 0 unspecified atom stereocenters. The first-order valence-electron chi connectivity index (χ1n) is 11.1. The molecule has 0 aliphatic carbocycles. The molecule has 0 atom stereocenters. The predicted molar refractivity (Wildman–Crippen MR) is 143 cm³/mol. The molecular formula is C25H24Cl2N2O7S. The monoisotopic (exact) mass is 566 g/mol. The van der Waals surface area contributed by atoms with Gasteiger partial charge in [0.2, 0.25) is 5.91 Å². The van der Waals surface area contributed by atoms with Gasteiger partial charge in [-0.25, -0.2) is 4.79 Å². The number of rotatable bonds is 10. The van der Waals surface area contributed by atoms with Crippen molar-refractivity contribution in [3.8, 4) is 11.5 Å². The number of nitrogens with one attached hydrogen (secondary N) is 1. The highest BCUT2D eigenvalue weighted by Gasteiger charge is 2.36. The number of amides is 3. The Morgan fingerprint density at radius 1 is 1.08 bits per heavy atom. The van der Waals surface area contributed by atoms with E-state index in [9.17, 15) is 19.2 Å². The predicted octanol–water partition coefficient (Wildman–Crippen LogP) is 5.64. The van der Waals surface area contributed by atoms with Crippen LogP contribution in [0.5, 0.6) is 11.5 Å². The first-order valence-corrected chi connectivity index (χ1v) is 12.7. The van der Waals surface area contributed by atoms with Gasteiger partial charge in [0.05, 0.1) is 41.3 Å². The number of nitrogens with zero attached hydrogens (tertiary/aromatic N) is 1. The lowest BCUT2D eigenvalue weighted by atomic mass is 10.1. The number of thioether (sulfide) groups is 1. The van der Waals surface area contributed by atoms with Gasteiger partial charge in [-0.15, -0.1) is 0 Å². The van der Waals surface area contributed by atoms with Crippen LogP contribution in [0.2, 0.25) is 10.0 Å². The molecule has 2 aromatic carbocycles. The van der Waals surface area contributed by atoms with Crippen LogP contribution < -0.4 is 14.8 Å². The van der Waals surface area contributed by atoms with Crippen LogP contribution in [0.15, 0.2) is 35.2 Å². The number of hydrogen-bond acceptors (Lipinski definition) is 8. The highest BCUT2D eigenvalue weighted by atomic mass is 35.5. The minimum Gasteiger partial charge on any atom is -0.493 e. The zero-order chi connectivity index (χ0) is 27.1. The molecule has 3 amide bonds. The molecule has 0 saturated carbocycles. The maximum Gasteiger partial charge on any atom is 0.339 e. The summed E-state index contributed by atoms with van der Waals surface area (Å²) in [7, 11) is 2.90. The quantitative estimate of drug-likeness (QED) is 0.223. The van der Waals surface area contributed by atoms with Crippen molar-refractivity contribution in [2.75, 3.05) is 32.7 Å². The summed E-state index contributed by atoms with van der Waals surface area (Å²) in [5.74, 6) is -1.18. The molecule has 0 bridgehead atoms. The lowest BCUT2D eigenvalue weighted by Gasteiger charge is -2.13. The van der Waals surface area contributed by atoms with E-state index >= 15 is 0 Å². The van der Waals surface area contributed by atoms with Crippen LogP contribution in [-0.4, -0.2) is 55.3 Å². The van der Waals surface area contributed by atoms with Crippen LogP contribution in [0.25, 0.3) is 6.08 Å². The maximum atomic E-state index is 12.9. The number of imide groups is 1. The Labute approximate surface area is 228 Å². The molecule has 1 saturated heterocycles. The van der Waals surface area contributed by atoms with Crippen molar-refractivity contribution in [3.63, 3.8) is 0 Å². The molecule has 1 aliphatic heterocycles. The Morgan fingerprint density at radius 3 is 2.51 bits per heavy atom. The number of carbonyl (C=O) groups is 4. The van der Waals surface area contributed by atoms with Crippen molar-refractivity contribution < 1.29 is 33.4 Å². The van der Waals surface area contributed by atoms with Crippen LogP contribution in [0, 0.1) is 0 Å². The van der Waals surface area contributed by atoms with E-state index in [1.54, 1.807) is 12.1 Å². The van der Waals surface area contributed by atoms with Crippen molar-refractivity contribution in [1.29, 1.82) is 0 Å². The number of anilines is 1. The molecule has 9 nitrogen and oxygen atoms in total. The van der Waals surface area contributed by atoms with Crippen LogP contribution in [-0.2, 0) is 14.3 Å². The summed E-state index contributed by atoms with van der Waals surface area (Å²) in [4.78, 5) is 51.2. The summed E-state index contributed by atoms with van der Waals surface area (Å²) in [6.45, 7) is 1.70. The van der Waals surface area contributed by atoms with E-state index in [1.165, 1.54) is 38.5 Å². The van der Waals surface area contributed by atoms with Gasteiger partial charge in [-0.1, -0.05) is 36.5 Å². The van der Waals surface area contributed by atoms with Gasteiger partial charge >= 0.3 is 5.97 Å². The molecule has 1 fully saturated rings. The number of hydrogen-bond donors (Lipinski definition) is 1. The topological polar surface area (TPSA) is 111 Å². The van der Waals surface area contributed by atoms with Gasteiger partial charge in [0.25, 0.3) is 11.1 Å². The average Bonchev–Trinajstić information content (AvgIpc) is 3.12. The van der Waals surface area contributed by atoms with E-state index in [2.05, 4.69) is 5.32 Å². The molecule has 12 heteroatoms. The summed E-state index contributed by atoms with van der Waals surface area (Å²) in [6, 6.07) is 7.50. The normalized spacial score (nSPS) is 14.2. The van der Waals surface area contributed by atoms with Gasteiger partial charge in [-0.2, -0.15) is 0 Å². The van der Waals surface area contributed by atoms with Crippen molar-refractivity contribution >= 4 is 69.8 Å². The second-order valence-electron chi connectivity index (χ2n) is 7.74. The molecule has 0 spiro atoms. The minimum absolute atomic E-state index is 0.0956. The molecule has 0 radical (unpaired) electrons. The molecule has 196 valence electrons. The van der Waals surface area contributed by atoms with Gasteiger partial charge in [-0.05, 0) is 60.2 Å². The van der Waals surface area contributed by atoms with Crippen LogP contribution in [0.1, 0.15) is 35.7 Å². The SMILES string of the molecule is CCCCOC(=O)c1cc(NC(=O)CN2C(=O)S/C(=C\c3cc(Cl)c(OC)c(OC)c3)C2=O)ccc1Cl. The Morgan fingerprint density at radius 2 is 1.84 bits per heavy atom. The van der Waals surface area contributed by atoms with Crippen LogP contribution in [0.4, 0.5) is 10.5 Å². The van der Waals surface area contributed by atoms with E-state index < -0.39 is 29.6 Å². The number of esters is 1. The molecule has 37 heavy (non-hydrogen) atoms. The Hall–Kier alpha value is -3.21. The number of unbranched alkanes of at least 4 members (excludes halogenated alkanes) is 1. The van der Waals surface area contributed by atoms with Gasteiger partial charge in [-0.3, -0.25) is 19.3 Å². The third kappa shape index (κ3) is 6.97. The Bertz CT molecular complexity index is 1270. The summed E-state index contributed by atoms with van der Waals surface area (Å²) in [5.41, 5.74) is 0.870. The minimum atomic E-state index is -0.634. The second-order valence-corrected chi connectivity index (χ2v) is 9.55. The van der Waals surface area contributed by atoms with Crippen LogP contribution in [0.3, 0.4) is 0 Å². The number of halogens is 2. The van der Waals surface area contributed by atoms with Crippen molar-refractivity contribution in [3.05, 3.63) is 56.4 Å². The molecule has 3 rings (SSSR count). The summed E-state index contributed by atoms with van der Waals surface area (Å²) in [6.07, 6.45) is 3.06. The van der Waals surface area contributed by atoms with Gasteiger partial charge in [0.15, 0.2) is 11.5 Å². The van der Waals surface area contributed by atoms with Crippen molar-refractivity contribution in [2.24, 2.45) is 0 Å². The van der Waals surface area contributed by atoms with Gasteiger partial charge in [0, 0.05) is 5.69 Å². The van der Waals surface area contributed by atoms with E-state index in [1.807, 2.05) is 6.92 Å². The van der Waals surface area contributed by atoms with E-state index in [-0.39, 0.29) is 32.8 Å². The summed E-state index contributed by atoms with van der Waals surface area (Å²) in [5, 5.41) is 2.41. The highest BCUT2D eigenvalue weighted by Crippen LogP contribution is 2.38. The smallest absolute Gasteiger partial charge is 0.339 e. The summed E-state index contributed by atoms with van der Waals surface area (Å²) < 4.78 is 15.6. The third-order valence-electron chi connectivity index (χ3n) is 5.13. The number of carbonyl (C=O) groups excluding carboxylic acids is 4. The molecule has 1 aliphatic rings.